The summed E-state index contributed by atoms with van der Waals surface area (Å²) in [5.41, 5.74) is 2.86. The molecule has 0 saturated heterocycles. The van der Waals surface area contributed by atoms with Gasteiger partial charge < -0.3 is 4.74 Å². The van der Waals surface area contributed by atoms with Gasteiger partial charge in [0.1, 0.15) is 5.75 Å². The minimum absolute atomic E-state index is 0.157. The second-order valence-corrected chi connectivity index (χ2v) is 5.22. The maximum atomic E-state index is 11.9. The molecule has 0 atom stereocenters. The Morgan fingerprint density at radius 1 is 1.10 bits per heavy atom. The molecule has 0 fully saturated rings. The second kappa shape index (κ2) is 4.74. The number of nitrogens with one attached hydrogen (secondary N) is 1. The molecule has 1 aromatic heterocycles. The number of ether oxygens (including phenoxy) is 1. The number of H-pyrrole nitrogens is 1. The van der Waals surface area contributed by atoms with Crippen LogP contribution in [0.2, 0.25) is 0 Å². The topological polar surface area (TPSA) is 55.0 Å². The number of nitrogens with zero attached hydrogens (tertiary/aromatic N) is 1. The molecule has 0 saturated carbocycles. The van der Waals surface area contributed by atoms with E-state index in [0.717, 1.165) is 41.8 Å². The molecule has 1 aliphatic rings. The van der Waals surface area contributed by atoms with E-state index in [1.165, 1.54) is 5.56 Å². The molecule has 0 spiro atoms. The molecule has 2 heterocycles. The summed E-state index contributed by atoms with van der Waals surface area (Å²) >= 11 is 0. The number of benzene rings is 2. The molecule has 4 nitrogen and oxygen atoms in total. The Balaban J connectivity index is 1.95. The normalized spacial score (nSPS) is 13.7. The summed E-state index contributed by atoms with van der Waals surface area (Å²) in [6, 6.07) is 13.6. The van der Waals surface area contributed by atoms with Gasteiger partial charge in [0.25, 0.3) is 5.56 Å². The SMILES string of the molecule is O=c1[nH]nc(-c2ccc3c(c2)CCCO3)c2ccccc12. The van der Waals surface area contributed by atoms with Crippen molar-refractivity contribution in [3.8, 4) is 17.0 Å². The van der Waals surface area contributed by atoms with Crippen molar-refractivity contribution in [3.63, 3.8) is 0 Å². The van der Waals surface area contributed by atoms with Gasteiger partial charge in [-0.25, -0.2) is 5.10 Å². The lowest BCUT2D eigenvalue weighted by atomic mass is 9.99. The largest absolute Gasteiger partial charge is 0.493 e. The van der Waals surface area contributed by atoms with E-state index < -0.39 is 0 Å². The lowest BCUT2D eigenvalue weighted by Gasteiger charge is -2.18. The summed E-state index contributed by atoms with van der Waals surface area (Å²) in [5, 5.41) is 8.37. The van der Waals surface area contributed by atoms with E-state index in [4.69, 9.17) is 4.74 Å². The van der Waals surface area contributed by atoms with Gasteiger partial charge in [-0.1, -0.05) is 18.2 Å². The van der Waals surface area contributed by atoms with Gasteiger partial charge in [0, 0.05) is 10.9 Å². The predicted octanol–water partition coefficient (Wildman–Crippen LogP) is 2.92. The van der Waals surface area contributed by atoms with Crippen LogP contribution >= 0.6 is 0 Å². The Labute approximate surface area is 121 Å². The van der Waals surface area contributed by atoms with Crippen LogP contribution in [-0.4, -0.2) is 16.8 Å². The first-order chi connectivity index (χ1) is 10.3. The number of aromatic amines is 1. The molecule has 4 heteroatoms. The predicted molar refractivity (Wildman–Crippen MR) is 81.6 cm³/mol. The van der Waals surface area contributed by atoms with Crippen molar-refractivity contribution in [1.29, 1.82) is 0 Å². The zero-order valence-electron chi connectivity index (χ0n) is 11.4. The summed E-state index contributed by atoms with van der Waals surface area (Å²) in [6.07, 6.45) is 2.06. The maximum absolute atomic E-state index is 11.9. The first-order valence-corrected chi connectivity index (χ1v) is 7.06. The average molecular weight is 278 g/mol. The minimum Gasteiger partial charge on any atom is -0.493 e. The van der Waals surface area contributed by atoms with E-state index in [-0.39, 0.29) is 5.56 Å². The van der Waals surface area contributed by atoms with Crippen LogP contribution in [0.25, 0.3) is 22.0 Å². The highest BCUT2D eigenvalue weighted by molar-refractivity contribution is 5.93. The molecule has 3 aromatic rings. The lowest BCUT2D eigenvalue weighted by Crippen LogP contribution is -2.10. The van der Waals surface area contributed by atoms with Crippen molar-refractivity contribution >= 4 is 10.8 Å². The first kappa shape index (κ1) is 12.1. The van der Waals surface area contributed by atoms with Gasteiger partial charge in [0.2, 0.25) is 0 Å². The molecule has 1 N–H and O–H groups in total. The Bertz CT molecular complexity index is 883. The van der Waals surface area contributed by atoms with Crippen LogP contribution in [-0.2, 0) is 6.42 Å². The Kier molecular flexibility index (Phi) is 2.74. The van der Waals surface area contributed by atoms with Crippen molar-refractivity contribution in [1.82, 2.24) is 10.2 Å². The van der Waals surface area contributed by atoms with Gasteiger partial charge >= 0.3 is 0 Å². The molecule has 0 unspecified atom stereocenters. The molecule has 0 radical (unpaired) electrons. The zero-order chi connectivity index (χ0) is 14.2. The second-order valence-electron chi connectivity index (χ2n) is 5.22. The van der Waals surface area contributed by atoms with E-state index >= 15 is 0 Å². The number of aromatic nitrogens is 2. The highest BCUT2D eigenvalue weighted by atomic mass is 16.5. The van der Waals surface area contributed by atoms with E-state index in [1.807, 2.05) is 36.4 Å². The fourth-order valence-corrected chi connectivity index (χ4v) is 2.84. The molecule has 2 aromatic carbocycles. The third-order valence-electron chi connectivity index (χ3n) is 3.88. The Morgan fingerprint density at radius 2 is 1.95 bits per heavy atom. The number of rotatable bonds is 1. The van der Waals surface area contributed by atoms with Crippen molar-refractivity contribution in [2.45, 2.75) is 12.8 Å². The van der Waals surface area contributed by atoms with Crippen LogP contribution in [0.3, 0.4) is 0 Å². The molecule has 1 aliphatic heterocycles. The van der Waals surface area contributed by atoms with Crippen LogP contribution in [0.15, 0.2) is 47.3 Å². The molecule has 0 bridgehead atoms. The number of fused-ring (bicyclic) bond motifs is 2. The fourth-order valence-electron chi connectivity index (χ4n) is 2.84. The van der Waals surface area contributed by atoms with Crippen LogP contribution in [0, 0.1) is 0 Å². The molecule has 4 rings (SSSR count). The van der Waals surface area contributed by atoms with E-state index in [2.05, 4.69) is 16.3 Å². The average Bonchev–Trinajstić information content (AvgIpc) is 2.55. The van der Waals surface area contributed by atoms with Crippen LogP contribution < -0.4 is 10.3 Å². The minimum atomic E-state index is -0.157. The number of aryl methyl sites for hydroxylation is 1. The van der Waals surface area contributed by atoms with Crippen LogP contribution in [0.4, 0.5) is 0 Å². The molecule has 21 heavy (non-hydrogen) atoms. The standard InChI is InChI=1S/C17H14N2O2/c20-17-14-6-2-1-5-13(14)16(18-19-17)12-7-8-15-11(10-12)4-3-9-21-15/h1-2,5-8,10H,3-4,9H2,(H,19,20). The van der Waals surface area contributed by atoms with Gasteiger partial charge in [0.05, 0.1) is 17.7 Å². The first-order valence-electron chi connectivity index (χ1n) is 7.06. The highest BCUT2D eigenvalue weighted by Gasteiger charge is 2.14. The lowest BCUT2D eigenvalue weighted by molar-refractivity contribution is 0.288. The maximum Gasteiger partial charge on any atom is 0.272 e. The van der Waals surface area contributed by atoms with E-state index in [0.29, 0.717) is 5.39 Å². The molecule has 0 aliphatic carbocycles. The van der Waals surface area contributed by atoms with Gasteiger partial charge in [0.15, 0.2) is 0 Å². The highest BCUT2D eigenvalue weighted by Crippen LogP contribution is 2.31. The zero-order valence-corrected chi connectivity index (χ0v) is 11.4. The summed E-state index contributed by atoms with van der Waals surface area (Å²) in [7, 11) is 0. The summed E-state index contributed by atoms with van der Waals surface area (Å²) in [5.74, 6) is 0.957. The fraction of sp³-hybridized carbons (Fsp3) is 0.176. The molecule has 104 valence electrons. The van der Waals surface area contributed by atoms with Gasteiger partial charge in [-0.05, 0) is 42.7 Å². The van der Waals surface area contributed by atoms with Crippen LogP contribution in [0.1, 0.15) is 12.0 Å². The summed E-state index contributed by atoms with van der Waals surface area (Å²) in [6.45, 7) is 0.784. The van der Waals surface area contributed by atoms with Crippen LogP contribution in [0.5, 0.6) is 5.75 Å². The van der Waals surface area contributed by atoms with Gasteiger partial charge in [-0.15, -0.1) is 0 Å². The number of hydrogen-bond acceptors (Lipinski definition) is 3. The quantitative estimate of drug-likeness (QED) is 0.744. The van der Waals surface area contributed by atoms with Gasteiger partial charge in [-0.2, -0.15) is 5.10 Å². The smallest absolute Gasteiger partial charge is 0.272 e. The summed E-state index contributed by atoms with van der Waals surface area (Å²) < 4.78 is 5.64. The monoisotopic (exact) mass is 278 g/mol. The van der Waals surface area contributed by atoms with Crippen molar-refractivity contribution < 1.29 is 4.74 Å². The molecular formula is C17H14N2O2. The van der Waals surface area contributed by atoms with Gasteiger partial charge in [-0.3, -0.25) is 4.79 Å². The Morgan fingerprint density at radius 3 is 2.86 bits per heavy atom. The van der Waals surface area contributed by atoms with Crippen molar-refractivity contribution in [2.75, 3.05) is 6.61 Å². The van der Waals surface area contributed by atoms with E-state index in [1.54, 1.807) is 0 Å². The third kappa shape index (κ3) is 2.00. The molecular weight excluding hydrogens is 264 g/mol. The summed E-state index contributed by atoms with van der Waals surface area (Å²) in [4.78, 5) is 11.9. The number of hydrogen-bond donors (Lipinski definition) is 1. The van der Waals surface area contributed by atoms with E-state index in [9.17, 15) is 4.79 Å². The van der Waals surface area contributed by atoms with Crippen molar-refractivity contribution in [3.05, 3.63) is 58.4 Å². The third-order valence-corrected chi connectivity index (χ3v) is 3.88. The Hall–Kier alpha value is -2.62. The molecule has 0 amide bonds. The van der Waals surface area contributed by atoms with Crippen molar-refractivity contribution in [2.24, 2.45) is 0 Å².